The fraction of sp³-hybridized carbons (Fsp3) is 0.360. The van der Waals surface area contributed by atoms with Crippen molar-refractivity contribution in [3.8, 4) is 0 Å². The molecule has 0 fully saturated rings. The zero-order valence-electron chi connectivity index (χ0n) is 18.6. The lowest BCUT2D eigenvalue weighted by atomic mass is 9.99. The minimum Gasteiger partial charge on any atom is -0.299 e. The van der Waals surface area contributed by atoms with Gasteiger partial charge < -0.3 is 0 Å². The van der Waals surface area contributed by atoms with Gasteiger partial charge in [0.15, 0.2) is 0 Å². The van der Waals surface area contributed by atoms with Crippen LogP contribution in [0.15, 0.2) is 60.7 Å². The monoisotopic (exact) mass is 467 g/mol. The molecule has 1 aliphatic rings. The number of sulfonamides is 1. The van der Waals surface area contributed by atoms with Crippen LogP contribution in [0.1, 0.15) is 29.5 Å². The largest absolute Gasteiger partial charge is 0.299 e. The number of nitro groups is 1. The van der Waals surface area contributed by atoms with E-state index in [4.69, 9.17) is 0 Å². The van der Waals surface area contributed by atoms with Crippen molar-refractivity contribution in [1.29, 1.82) is 0 Å². The Morgan fingerprint density at radius 3 is 2.67 bits per heavy atom. The van der Waals surface area contributed by atoms with Gasteiger partial charge in [-0.1, -0.05) is 48.5 Å². The number of hydrogen-bond donors (Lipinski definition) is 1. The summed E-state index contributed by atoms with van der Waals surface area (Å²) in [6.07, 6.45) is 2.99. The lowest BCUT2D eigenvalue weighted by Gasteiger charge is -2.28. The van der Waals surface area contributed by atoms with Crippen LogP contribution in [-0.4, -0.2) is 43.6 Å². The second-order valence-corrected chi connectivity index (χ2v) is 10.5. The summed E-state index contributed by atoms with van der Waals surface area (Å²) in [6, 6.07) is 19.1. The molecule has 1 heterocycles. The first-order chi connectivity index (χ1) is 15.9. The fourth-order valence-electron chi connectivity index (χ4n) is 4.42. The number of nitrogens with one attached hydrogen (secondary N) is 1. The number of non-ortho nitro benzene ring substituents is 1. The van der Waals surface area contributed by atoms with Crippen molar-refractivity contribution in [3.05, 3.63) is 87.5 Å². The summed E-state index contributed by atoms with van der Waals surface area (Å²) in [5.74, 6) is 0.0721. The van der Waals surface area contributed by atoms with Crippen LogP contribution in [0.3, 0.4) is 0 Å². The number of aryl methyl sites for hydroxylation is 1. The number of unbranched alkanes of at least 4 members (excludes halogenated alkanes) is 1. The third-order valence-electron chi connectivity index (χ3n) is 6.24. The Labute approximate surface area is 194 Å². The van der Waals surface area contributed by atoms with Gasteiger partial charge in [-0.25, -0.2) is 13.1 Å². The highest BCUT2D eigenvalue weighted by Crippen LogP contribution is 2.24. The van der Waals surface area contributed by atoms with E-state index in [9.17, 15) is 18.5 Å². The van der Waals surface area contributed by atoms with E-state index in [1.165, 1.54) is 5.56 Å². The number of hydrogen-bond acceptors (Lipinski definition) is 5. The molecule has 0 radical (unpaired) electrons. The van der Waals surface area contributed by atoms with E-state index >= 15 is 0 Å². The van der Waals surface area contributed by atoms with Crippen molar-refractivity contribution in [2.24, 2.45) is 0 Å². The molecule has 0 atom stereocenters. The summed E-state index contributed by atoms with van der Waals surface area (Å²) in [5, 5.41) is 13.2. The van der Waals surface area contributed by atoms with Gasteiger partial charge in [-0.15, -0.1) is 0 Å². The smallest absolute Gasteiger partial charge is 0.269 e. The van der Waals surface area contributed by atoms with Crippen molar-refractivity contribution in [3.63, 3.8) is 0 Å². The number of nitrogens with zero attached hydrogens (tertiary/aromatic N) is 2. The summed E-state index contributed by atoms with van der Waals surface area (Å²) >= 11 is 0. The second-order valence-electron chi connectivity index (χ2n) is 8.54. The minimum atomic E-state index is -3.33. The van der Waals surface area contributed by atoms with Crippen LogP contribution in [0.5, 0.6) is 0 Å². The quantitative estimate of drug-likeness (QED) is 0.276. The molecule has 3 aromatic rings. The molecule has 0 aromatic heterocycles. The Morgan fingerprint density at radius 2 is 1.82 bits per heavy atom. The summed E-state index contributed by atoms with van der Waals surface area (Å²) in [6.45, 7) is 2.89. The molecule has 0 unspecified atom stereocenters. The molecule has 0 amide bonds. The Kier molecular flexibility index (Phi) is 7.37. The Hall–Kier alpha value is -2.81. The zero-order chi connectivity index (χ0) is 23.3. The van der Waals surface area contributed by atoms with Gasteiger partial charge >= 0.3 is 0 Å². The van der Waals surface area contributed by atoms with Crippen LogP contribution < -0.4 is 4.72 Å². The molecule has 174 valence electrons. The molecule has 3 aromatic carbocycles. The van der Waals surface area contributed by atoms with Gasteiger partial charge in [-0.2, -0.15) is 0 Å². The molecule has 0 bridgehead atoms. The molecule has 33 heavy (non-hydrogen) atoms. The van der Waals surface area contributed by atoms with Gasteiger partial charge in [0, 0.05) is 31.8 Å². The first-order valence-electron chi connectivity index (χ1n) is 11.3. The number of rotatable bonds is 10. The lowest BCUT2D eigenvalue weighted by molar-refractivity contribution is -0.385. The molecule has 8 heteroatoms. The summed E-state index contributed by atoms with van der Waals surface area (Å²) in [7, 11) is -3.33. The van der Waals surface area contributed by atoms with Crippen molar-refractivity contribution < 1.29 is 13.3 Å². The predicted octanol–water partition coefficient (Wildman–Crippen LogP) is 4.05. The van der Waals surface area contributed by atoms with E-state index in [1.54, 1.807) is 12.1 Å². The van der Waals surface area contributed by atoms with E-state index in [-0.39, 0.29) is 16.4 Å². The molecule has 0 saturated carbocycles. The number of nitro benzene ring substituents is 1. The van der Waals surface area contributed by atoms with E-state index in [0.717, 1.165) is 54.3 Å². The van der Waals surface area contributed by atoms with Crippen molar-refractivity contribution in [2.45, 2.75) is 32.2 Å². The topological polar surface area (TPSA) is 92.6 Å². The average Bonchev–Trinajstić information content (AvgIpc) is 2.82. The van der Waals surface area contributed by atoms with Crippen molar-refractivity contribution >= 4 is 26.5 Å². The van der Waals surface area contributed by atoms with Crippen LogP contribution in [0.4, 0.5) is 5.69 Å². The first kappa shape index (κ1) is 23.4. The molecular formula is C25H29N3O4S. The average molecular weight is 468 g/mol. The maximum Gasteiger partial charge on any atom is 0.269 e. The first-order valence-corrected chi connectivity index (χ1v) is 13.0. The van der Waals surface area contributed by atoms with E-state index in [1.807, 2.05) is 48.5 Å². The molecule has 1 aliphatic heterocycles. The summed E-state index contributed by atoms with van der Waals surface area (Å²) in [4.78, 5) is 12.9. The highest BCUT2D eigenvalue weighted by atomic mass is 32.2. The van der Waals surface area contributed by atoms with Gasteiger partial charge in [-0.3, -0.25) is 15.0 Å². The standard InChI is InChI=1S/C25H29N3O4S/c29-28(30)24-11-10-20-12-16-27(19-23(20)18-24)15-4-3-14-26-33(31,32)17-13-22-8-5-7-21-6-1-2-9-25(21)22/h1-2,5-11,18,26H,3-4,12-17,19H2. The third-order valence-corrected chi connectivity index (χ3v) is 7.62. The maximum atomic E-state index is 12.5. The highest BCUT2D eigenvalue weighted by molar-refractivity contribution is 7.89. The minimum absolute atomic E-state index is 0.0721. The van der Waals surface area contributed by atoms with Gasteiger partial charge in [0.2, 0.25) is 10.0 Å². The number of benzene rings is 3. The van der Waals surface area contributed by atoms with Crippen LogP contribution in [-0.2, 0) is 29.4 Å². The molecule has 0 saturated heterocycles. The molecular weight excluding hydrogens is 438 g/mol. The van der Waals surface area contributed by atoms with Crippen LogP contribution in [0.2, 0.25) is 0 Å². The molecule has 0 aliphatic carbocycles. The molecule has 0 spiro atoms. The Balaban J connectivity index is 1.20. The summed E-state index contributed by atoms with van der Waals surface area (Å²) in [5.41, 5.74) is 3.37. The predicted molar refractivity (Wildman–Crippen MR) is 131 cm³/mol. The van der Waals surface area contributed by atoms with Crippen LogP contribution in [0.25, 0.3) is 10.8 Å². The second kappa shape index (κ2) is 10.4. The van der Waals surface area contributed by atoms with Crippen LogP contribution in [0, 0.1) is 10.1 Å². The highest BCUT2D eigenvalue weighted by Gasteiger charge is 2.19. The van der Waals surface area contributed by atoms with E-state index < -0.39 is 10.0 Å². The zero-order valence-corrected chi connectivity index (χ0v) is 19.4. The van der Waals surface area contributed by atoms with Crippen molar-refractivity contribution in [2.75, 3.05) is 25.4 Å². The lowest BCUT2D eigenvalue weighted by Crippen LogP contribution is -2.32. The fourth-order valence-corrected chi connectivity index (χ4v) is 5.51. The van der Waals surface area contributed by atoms with Gasteiger partial charge in [0.05, 0.1) is 10.7 Å². The van der Waals surface area contributed by atoms with Crippen molar-refractivity contribution in [1.82, 2.24) is 9.62 Å². The Bertz CT molecular complexity index is 1240. The van der Waals surface area contributed by atoms with Gasteiger partial charge in [0.25, 0.3) is 5.69 Å². The molecule has 4 rings (SSSR count). The van der Waals surface area contributed by atoms with E-state index in [2.05, 4.69) is 9.62 Å². The van der Waals surface area contributed by atoms with Crippen LogP contribution >= 0.6 is 0 Å². The third kappa shape index (κ3) is 6.16. The number of fused-ring (bicyclic) bond motifs is 2. The SMILES string of the molecule is O=[N+]([O-])c1ccc2c(c1)CN(CCCCNS(=O)(=O)CCc1cccc3ccccc13)CC2. The normalized spacial score (nSPS) is 14.3. The van der Waals surface area contributed by atoms with E-state index in [0.29, 0.717) is 19.5 Å². The Morgan fingerprint density at radius 1 is 1.00 bits per heavy atom. The summed E-state index contributed by atoms with van der Waals surface area (Å²) < 4.78 is 27.6. The van der Waals surface area contributed by atoms with Gasteiger partial charge in [-0.05, 0) is 59.7 Å². The maximum absolute atomic E-state index is 12.5. The molecule has 7 nitrogen and oxygen atoms in total. The molecule has 1 N–H and O–H groups in total. The van der Waals surface area contributed by atoms with Gasteiger partial charge in [0.1, 0.15) is 0 Å².